The minimum atomic E-state index is -1.00. The standard InChI is InChI=1S/C10H11BrN2O2/c11-4-3-9(14)10(15)8-2-1-7(5-12)6-13-8/h1-2,6,9-10,14-15H,3-4H2. The molecular weight excluding hydrogens is 260 g/mol. The van der Waals surface area contributed by atoms with Gasteiger partial charge in [-0.3, -0.25) is 4.98 Å². The van der Waals surface area contributed by atoms with Crippen LogP contribution in [0.4, 0.5) is 0 Å². The summed E-state index contributed by atoms with van der Waals surface area (Å²) in [6, 6.07) is 5.04. The molecule has 0 fully saturated rings. The van der Waals surface area contributed by atoms with Crippen molar-refractivity contribution < 1.29 is 10.2 Å². The molecule has 0 aliphatic rings. The monoisotopic (exact) mass is 270 g/mol. The SMILES string of the molecule is N#Cc1ccc(C(O)C(O)CCBr)nc1. The third kappa shape index (κ3) is 3.27. The van der Waals surface area contributed by atoms with Crippen LogP contribution in [0.25, 0.3) is 0 Å². The van der Waals surface area contributed by atoms with Gasteiger partial charge >= 0.3 is 0 Å². The van der Waals surface area contributed by atoms with Crippen molar-refractivity contribution in [1.29, 1.82) is 5.26 Å². The number of alkyl halides is 1. The molecule has 0 bridgehead atoms. The van der Waals surface area contributed by atoms with E-state index in [1.807, 2.05) is 6.07 Å². The Hall–Kier alpha value is -0.960. The lowest BCUT2D eigenvalue weighted by Crippen LogP contribution is -2.19. The van der Waals surface area contributed by atoms with E-state index in [0.717, 1.165) is 0 Å². The summed E-state index contributed by atoms with van der Waals surface area (Å²) in [6.45, 7) is 0. The molecule has 2 N–H and O–H groups in total. The lowest BCUT2D eigenvalue weighted by Gasteiger charge is -2.15. The Morgan fingerprint density at radius 1 is 1.47 bits per heavy atom. The van der Waals surface area contributed by atoms with Crippen molar-refractivity contribution in [2.75, 3.05) is 5.33 Å². The van der Waals surface area contributed by atoms with Crippen LogP contribution < -0.4 is 0 Å². The number of hydrogen-bond donors (Lipinski definition) is 2. The number of pyridine rings is 1. The quantitative estimate of drug-likeness (QED) is 0.805. The van der Waals surface area contributed by atoms with E-state index in [0.29, 0.717) is 23.0 Å². The van der Waals surface area contributed by atoms with Gasteiger partial charge in [0.05, 0.1) is 17.4 Å². The molecule has 0 saturated heterocycles. The first-order valence-electron chi connectivity index (χ1n) is 4.47. The summed E-state index contributed by atoms with van der Waals surface area (Å²) < 4.78 is 0. The lowest BCUT2D eigenvalue weighted by atomic mass is 10.1. The Kier molecular flexibility index (Phi) is 4.69. The Morgan fingerprint density at radius 3 is 2.67 bits per heavy atom. The summed E-state index contributed by atoms with van der Waals surface area (Å²) >= 11 is 3.18. The number of aromatic nitrogens is 1. The molecule has 15 heavy (non-hydrogen) atoms. The van der Waals surface area contributed by atoms with E-state index in [-0.39, 0.29) is 0 Å². The first kappa shape index (κ1) is 12.1. The Labute approximate surface area is 96.3 Å². The van der Waals surface area contributed by atoms with Gasteiger partial charge in [0.25, 0.3) is 0 Å². The fourth-order valence-electron chi connectivity index (χ4n) is 1.11. The number of nitrogens with zero attached hydrogens (tertiary/aromatic N) is 2. The number of halogens is 1. The molecule has 0 radical (unpaired) electrons. The van der Waals surface area contributed by atoms with Crippen molar-refractivity contribution in [3.63, 3.8) is 0 Å². The Bertz CT molecular complexity index is 347. The summed E-state index contributed by atoms with van der Waals surface area (Å²) in [5.41, 5.74) is 0.809. The molecule has 0 aromatic carbocycles. The van der Waals surface area contributed by atoms with Crippen LogP contribution >= 0.6 is 15.9 Å². The van der Waals surface area contributed by atoms with Gasteiger partial charge in [-0.25, -0.2) is 0 Å². The third-order valence-electron chi connectivity index (χ3n) is 1.99. The van der Waals surface area contributed by atoms with Gasteiger partial charge in [0.1, 0.15) is 12.2 Å². The fraction of sp³-hybridized carbons (Fsp3) is 0.400. The van der Waals surface area contributed by atoms with E-state index in [1.54, 1.807) is 12.1 Å². The van der Waals surface area contributed by atoms with Gasteiger partial charge in [-0.2, -0.15) is 5.26 Å². The van der Waals surface area contributed by atoms with Crippen molar-refractivity contribution in [3.05, 3.63) is 29.6 Å². The van der Waals surface area contributed by atoms with E-state index in [1.165, 1.54) is 6.20 Å². The lowest BCUT2D eigenvalue weighted by molar-refractivity contribution is 0.0148. The second-order valence-electron chi connectivity index (χ2n) is 3.07. The van der Waals surface area contributed by atoms with E-state index in [4.69, 9.17) is 5.26 Å². The fourth-order valence-corrected chi connectivity index (χ4v) is 1.58. The van der Waals surface area contributed by atoms with Crippen LogP contribution in [0.2, 0.25) is 0 Å². The van der Waals surface area contributed by atoms with Crippen LogP contribution in [-0.4, -0.2) is 26.6 Å². The molecule has 80 valence electrons. The smallest absolute Gasteiger partial charge is 0.122 e. The van der Waals surface area contributed by atoms with Crippen LogP contribution in [0.5, 0.6) is 0 Å². The van der Waals surface area contributed by atoms with Gasteiger partial charge in [0.15, 0.2) is 0 Å². The molecule has 4 nitrogen and oxygen atoms in total. The highest BCUT2D eigenvalue weighted by Gasteiger charge is 2.18. The number of rotatable bonds is 4. The summed E-state index contributed by atoms with van der Waals surface area (Å²) in [5, 5.41) is 28.3. The zero-order valence-electron chi connectivity index (χ0n) is 7.97. The molecule has 0 saturated carbocycles. The number of aliphatic hydroxyl groups is 2. The average molecular weight is 271 g/mol. The molecule has 0 spiro atoms. The molecule has 1 aromatic rings. The summed E-state index contributed by atoms with van der Waals surface area (Å²) in [5.74, 6) is 0. The molecular formula is C10H11BrN2O2. The molecule has 5 heteroatoms. The summed E-state index contributed by atoms with van der Waals surface area (Å²) in [4.78, 5) is 3.90. The second kappa shape index (κ2) is 5.81. The maximum atomic E-state index is 9.67. The van der Waals surface area contributed by atoms with Crippen LogP contribution in [-0.2, 0) is 0 Å². The summed E-state index contributed by atoms with van der Waals surface area (Å²) in [7, 11) is 0. The first-order valence-corrected chi connectivity index (χ1v) is 5.59. The summed E-state index contributed by atoms with van der Waals surface area (Å²) in [6.07, 6.45) is -0.0254. The molecule has 1 rings (SSSR count). The Balaban J connectivity index is 2.74. The predicted molar refractivity (Wildman–Crippen MR) is 58.3 cm³/mol. The predicted octanol–water partition coefficient (Wildman–Crippen LogP) is 1.13. The normalized spacial score (nSPS) is 14.3. The molecule has 2 unspecified atom stereocenters. The van der Waals surface area contributed by atoms with Crippen molar-refractivity contribution >= 4 is 15.9 Å². The molecule has 0 aliphatic carbocycles. The van der Waals surface area contributed by atoms with Crippen LogP contribution in [0.15, 0.2) is 18.3 Å². The van der Waals surface area contributed by atoms with Crippen molar-refractivity contribution in [2.45, 2.75) is 18.6 Å². The van der Waals surface area contributed by atoms with Gasteiger partial charge in [0.2, 0.25) is 0 Å². The van der Waals surface area contributed by atoms with E-state index in [2.05, 4.69) is 20.9 Å². The highest BCUT2D eigenvalue weighted by atomic mass is 79.9. The van der Waals surface area contributed by atoms with Crippen LogP contribution in [0, 0.1) is 11.3 Å². The molecule has 1 aromatic heterocycles. The van der Waals surface area contributed by atoms with Gasteiger partial charge in [-0.05, 0) is 18.6 Å². The largest absolute Gasteiger partial charge is 0.390 e. The minimum absolute atomic E-state index is 0.377. The van der Waals surface area contributed by atoms with Crippen molar-refractivity contribution in [1.82, 2.24) is 4.98 Å². The number of hydrogen-bond acceptors (Lipinski definition) is 4. The molecule has 0 amide bonds. The minimum Gasteiger partial charge on any atom is -0.390 e. The van der Waals surface area contributed by atoms with E-state index in [9.17, 15) is 10.2 Å². The van der Waals surface area contributed by atoms with Gasteiger partial charge in [-0.1, -0.05) is 15.9 Å². The van der Waals surface area contributed by atoms with Crippen molar-refractivity contribution in [3.8, 4) is 6.07 Å². The molecule has 1 heterocycles. The van der Waals surface area contributed by atoms with E-state index >= 15 is 0 Å². The van der Waals surface area contributed by atoms with E-state index < -0.39 is 12.2 Å². The topological polar surface area (TPSA) is 77.1 Å². The number of nitriles is 1. The zero-order valence-corrected chi connectivity index (χ0v) is 9.55. The van der Waals surface area contributed by atoms with Crippen LogP contribution in [0.1, 0.15) is 23.8 Å². The van der Waals surface area contributed by atoms with Gasteiger partial charge in [-0.15, -0.1) is 0 Å². The average Bonchev–Trinajstić information content (AvgIpc) is 2.28. The van der Waals surface area contributed by atoms with Crippen molar-refractivity contribution in [2.24, 2.45) is 0 Å². The highest BCUT2D eigenvalue weighted by Crippen LogP contribution is 2.17. The molecule has 2 atom stereocenters. The Morgan fingerprint density at radius 2 is 2.20 bits per heavy atom. The first-order chi connectivity index (χ1) is 7.19. The third-order valence-corrected chi connectivity index (χ3v) is 2.45. The maximum absolute atomic E-state index is 9.67. The second-order valence-corrected chi connectivity index (χ2v) is 3.87. The molecule has 0 aliphatic heterocycles. The van der Waals surface area contributed by atoms with Crippen LogP contribution in [0.3, 0.4) is 0 Å². The van der Waals surface area contributed by atoms with Gasteiger partial charge < -0.3 is 10.2 Å². The zero-order chi connectivity index (χ0) is 11.3. The maximum Gasteiger partial charge on any atom is 0.122 e. The highest BCUT2D eigenvalue weighted by molar-refractivity contribution is 9.09. The van der Waals surface area contributed by atoms with Gasteiger partial charge in [0, 0.05) is 11.5 Å². The number of aliphatic hydroxyl groups excluding tert-OH is 2.